The lowest BCUT2D eigenvalue weighted by atomic mass is 10.2. The summed E-state index contributed by atoms with van der Waals surface area (Å²) in [5.74, 6) is -0.492. The van der Waals surface area contributed by atoms with Gasteiger partial charge in [0.25, 0.3) is 0 Å². The summed E-state index contributed by atoms with van der Waals surface area (Å²) in [5, 5.41) is -0.256. The number of benzene rings is 1. The van der Waals surface area contributed by atoms with Crippen molar-refractivity contribution in [3.63, 3.8) is 0 Å². The van der Waals surface area contributed by atoms with E-state index >= 15 is 0 Å². The van der Waals surface area contributed by atoms with Gasteiger partial charge >= 0.3 is 0 Å². The highest BCUT2D eigenvalue weighted by atomic mass is 35.5. The molecule has 18 heavy (non-hydrogen) atoms. The van der Waals surface area contributed by atoms with Crippen molar-refractivity contribution < 1.29 is 12.8 Å². The van der Waals surface area contributed by atoms with Gasteiger partial charge in [-0.15, -0.1) is 0 Å². The molecule has 2 N–H and O–H groups in total. The fraction of sp³-hybridized carbons (Fsp3) is 0.455. The Labute approximate surface area is 111 Å². The fourth-order valence-electron chi connectivity index (χ4n) is 2.02. The van der Waals surface area contributed by atoms with Crippen molar-refractivity contribution in [1.82, 2.24) is 4.31 Å². The standard InChI is InChI=1S/C11H14ClFN2O2S/c12-9-2-1-8(11(13)5-9)7-15-4-3-10(6-14)18(15,16)17/h1-2,5,10H,3-4,6-7,14H2/t10-/m1/s1. The highest BCUT2D eigenvalue weighted by Gasteiger charge is 2.37. The molecule has 100 valence electrons. The molecular weight excluding hydrogens is 279 g/mol. The molecule has 1 aliphatic rings. The maximum Gasteiger partial charge on any atom is 0.218 e. The molecule has 2 rings (SSSR count). The van der Waals surface area contributed by atoms with E-state index in [0.29, 0.717) is 23.6 Å². The third-order valence-electron chi connectivity index (χ3n) is 3.11. The molecule has 0 unspecified atom stereocenters. The molecule has 1 fully saturated rings. The molecule has 0 bridgehead atoms. The largest absolute Gasteiger partial charge is 0.329 e. The number of halogens is 2. The number of sulfonamides is 1. The van der Waals surface area contributed by atoms with Gasteiger partial charge in [0.05, 0.1) is 5.25 Å². The first-order chi connectivity index (χ1) is 8.45. The van der Waals surface area contributed by atoms with Crippen LogP contribution in [0.25, 0.3) is 0 Å². The zero-order chi connectivity index (χ0) is 13.3. The molecule has 1 saturated heterocycles. The maximum absolute atomic E-state index is 13.6. The third-order valence-corrected chi connectivity index (χ3v) is 5.64. The second-order valence-corrected chi connectivity index (χ2v) is 6.91. The van der Waals surface area contributed by atoms with E-state index in [1.807, 2.05) is 0 Å². The zero-order valence-corrected chi connectivity index (χ0v) is 11.2. The SMILES string of the molecule is NC[C@H]1CCN(Cc2ccc(Cl)cc2F)S1(=O)=O. The lowest BCUT2D eigenvalue weighted by molar-refractivity contribution is 0.430. The molecule has 1 atom stereocenters. The summed E-state index contributed by atoms with van der Waals surface area (Å²) >= 11 is 5.65. The number of hydrogen-bond acceptors (Lipinski definition) is 3. The number of nitrogens with two attached hydrogens (primary N) is 1. The van der Waals surface area contributed by atoms with E-state index in [-0.39, 0.29) is 13.1 Å². The van der Waals surface area contributed by atoms with Crippen LogP contribution in [0.5, 0.6) is 0 Å². The number of hydrogen-bond donors (Lipinski definition) is 1. The van der Waals surface area contributed by atoms with Crippen LogP contribution in [0.2, 0.25) is 5.02 Å². The molecule has 4 nitrogen and oxygen atoms in total. The van der Waals surface area contributed by atoms with Gasteiger partial charge in [-0.2, -0.15) is 4.31 Å². The lowest BCUT2D eigenvalue weighted by Crippen LogP contribution is -2.33. The van der Waals surface area contributed by atoms with E-state index in [0.717, 1.165) is 0 Å². The van der Waals surface area contributed by atoms with Crippen molar-refractivity contribution in [2.24, 2.45) is 5.73 Å². The summed E-state index contributed by atoms with van der Waals surface area (Å²) in [6, 6.07) is 4.23. The molecule has 1 aromatic carbocycles. The Morgan fingerprint density at radius 3 is 2.78 bits per heavy atom. The fourth-order valence-corrected chi connectivity index (χ4v) is 3.93. The van der Waals surface area contributed by atoms with Crippen molar-refractivity contribution in [3.8, 4) is 0 Å². The van der Waals surface area contributed by atoms with Crippen molar-refractivity contribution in [3.05, 3.63) is 34.6 Å². The smallest absolute Gasteiger partial charge is 0.218 e. The molecule has 7 heteroatoms. The van der Waals surface area contributed by atoms with Crippen LogP contribution >= 0.6 is 11.6 Å². The minimum atomic E-state index is -3.39. The second kappa shape index (κ2) is 5.13. The predicted molar refractivity (Wildman–Crippen MR) is 68.2 cm³/mol. The molecule has 0 radical (unpaired) electrons. The highest BCUT2D eigenvalue weighted by molar-refractivity contribution is 7.90. The summed E-state index contributed by atoms with van der Waals surface area (Å²) in [5.41, 5.74) is 5.74. The Morgan fingerprint density at radius 1 is 1.50 bits per heavy atom. The molecule has 1 aliphatic heterocycles. The van der Waals surface area contributed by atoms with Gasteiger partial charge in [-0.05, 0) is 18.6 Å². The van der Waals surface area contributed by atoms with Gasteiger partial charge in [-0.3, -0.25) is 0 Å². The first-order valence-corrected chi connectivity index (χ1v) is 7.46. The predicted octanol–water partition coefficient (Wildman–Crippen LogP) is 1.34. The van der Waals surface area contributed by atoms with Crippen molar-refractivity contribution in [1.29, 1.82) is 0 Å². The topological polar surface area (TPSA) is 63.4 Å². The molecule has 0 amide bonds. The number of rotatable bonds is 3. The van der Waals surface area contributed by atoms with Crippen LogP contribution in [0, 0.1) is 5.82 Å². The maximum atomic E-state index is 13.6. The number of nitrogens with zero attached hydrogens (tertiary/aromatic N) is 1. The Hall–Kier alpha value is -0.690. The van der Waals surface area contributed by atoms with Gasteiger partial charge < -0.3 is 5.73 Å². The summed E-state index contributed by atoms with van der Waals surface area (Å²) in [6.45, 7) is 0.510. The zero-order valence-electron chi connectivity index (χ0n) is 9.64. The van der Waals surface area contributed by atoms with E-state index in [1.165, 1.54) is 16.4 Å². The van der Waals surface area contributed by atoms with Gasteiger partial charge in [0, 0.05) is 30.2 Å². The van der Waals surface area contributed by atoms with Crippen molar-refractivity contribution in [2.45, 2.75) is 18.2 Å². The van der Waals surface area contributed by atoms with Gasteiger partial charge in [0.2, 0.25) is 10.0 Å². The molecule has 0 saturated carbocycles. The lowest BCUT2D eigenvalue weighted by Gasteiger charge is -2.16. The minimum absolute atomic E-state index is 0.0296. The Balaban J connectivity index is 2.20. The highest BCUT2D eigenvalue weighted by Crippen LogP contribution is 2.25. The van der Waals surface area contributed by atoms with E-state index < -0.39 is 21.1 Å². The molecule has 1 heterocycles. The normalized spacial score (nSPS) is 23.4. The molecule has 1 aromatic rings. The summed E-state index contributed by atoms with van der Waals surface area (Å²) in [7, 11) is -3.39. The van der Waals surface area contributed by atoms with Crippen LogP contribution in [0.15, 0.2) is 18.2 Å². The molecule has 0 aliphatic carbocycles. The summed E-state index contributed by atoms with van der Waals surface area (Å²) < 4.78 is 38.9. The average Bonchev–Trinajstić information content (AvgIpc) is 2.57. The van der Waals surface area contributed by atoms with Crippen molar-refractivity contribution in [2.75, 3.05) is 13.1 Å². The van der Waals surface area contributed by atoms with Crippen LogP contribution in [0.4, 0.5) is 4.39 Å². The minimum Gasteiger partial charge on any atom is -0.329 e. The summed E-state index contributed by atoms with van der Waals surface area (Å²) in [4.78, 5) is 0. The van der Waals surface area contributed by atoms with Crippen LogP contribution in [-0.4, -0.2) is 31.1 Å². The van der Waals surface area contributed by atoms with Crippen molar-refractivity contribution >= 4 is 21.6 Å². The Kier molecular flexibility index (Phi) is 3.91. The third kappa shape index (κ3) is 2.51. The first-order valence-electron chi connectivity index (χ1n) is 5.58. The molecule has 0 spiro atoms. The molecule has 0 aromatic heterocycles. The Morgan fingerprint density at radius 2 is 2.22 bits per heavy atom. The summed E-state index contributed by atoms with van der Waals surface area (Å²) in [6.07, 6.45) is 0.494. The van der Waals surface area contributed by atoms with E-state index in [4.69, 9.17) is 17.3 Å². The second-order valence-electron chi connectivity index (χ2n) is 4.26. The van der Waals surface area contributed by atoms with Crippen LogP contribution in [0.1, 0.15) is 12.0 Å². The van der Waals surface area contributed by atoms with Gasteiger partial charge in [-0.1, -0.05) is 17.7 Å². The molecular formula is C11H14ClFN2O2S. The van der Waals surface area contributed by atoms with Gasteiger partial charge in [0.1, 0.15) is 5.82 Å². The first kappa shape index (κ1) is 13.7. The van der Waals surface area contributed by atoms with E-state index in [9.17, 15) is 12.8 Å². The van der Waals surface area contributed by atoms with Gasteiger partial charge in [-0.25, -0.2) is 12.8 Å². The average molecular weight is 293 g/mol. The van der Waals surface area contributed by atoms with E-state index in [1.54, 1.807) is 6.07 Å². The van der Waals surface area contributed by atoms with Crippen LogP contribution in [-0.2, 0) is 16.6 Å². The quantitative estimate of drug-likeness (QED) is 0.914. The van der Waals surface area contributed by atoms with Crippen LogP contribution < -0.4 is 5.73 Å². The van der Waals surface area contributed by atoms with Gasteiger partial charge in [0.15, 0.2) is 0 Å². The van der Waals surface area contributed by atoms with Crippen LogP contribution in [0.3, 0.4) is 0 Å². The monoisotopic (exact) mass is 292 g/mol. The Bertz CT molecular complexity index is 550. The van der Waals surface area contributed by atoms with E-state index in [2.05, 4.69) is 0 Å².